The number of rotatable bonds is 1. The van der Waals surface area contributed by atoms with Crippen LogP contribution < -0.4 is 0 Å². The van der Waals surface area contributed by atoms with E-state index >= 15 is 0 Å². The SMILES string of the molecule is CC(F)(F)C(I)I. The average molecular weight is 332 g/mol. The van der Waals surface area contributed by atoms with E-state index in [0.717, 1.165) is 6.92 Å². The van der Waals surface area contributed by atoms with Crippen LogP contribution in [0.2, 0.25) is 0 Å². The highest BCUT2D eigenvalue weighted by Gasteiger charge is 2.28. The Morgan fingerprint density at radius 1 is 1.43 bits per heavy atom. The van der Waals surface area contributed by atoms with Gasteiger partial charge in [-0.15, -0.1) is 0 Å². The van der Waals surface area contributed by atoms with Crippen LogP contribution in [0.5, 0.6) is 0 Å². The normalized spacial score (nSPS) is 12.9. The number of alkyl halides is 4. The Morgan fingerprint density at radius 2 is 1.57 bits per heavy atom. The molecular formula is C3H4F2I2. The molecule has 0 aliphatic rings. The number of halogens is 4. The summed E-state index contributed by atoms with van der Waals surface area (Å²) in [7, 11) is 0. The van der Waals surface area contributed by atoms with Gasteiger partial charge in [0.05, 0.1) is 0 Å². The average Bonchev–Trinajstić information content (AvgIpc) is 1.31. The van der Waals surface area contributed by atoms with Crippen molar-refractivity contribution in [3.8, 4) is 0 Å². The third-order valence-corrected chi connectivity index (χ3v) is 2.57. The molecule has 0 fully saturated rings. The second kappa shape index (κ2) is 2.75. The minimum Gasteiger partial charge on any atom is -0.205 e. The third kappa shape index (κ3) is 3.87. The van der Waals surface area contributed by atoms with Gasteiger partial charge in [-0.3, -0.25) is 0 Å². The lowest BCUT2D eigenvalue weighted by atomic mass is 10.5. The Kier molecular flexibility index (Phi) is 3.26. The molecule has 0 N–H and O–H groups in total. The standard InChI is InChI=1S/C3H4F2I2/c1-3(4,5)2(6)7/h2H,1H3. The molecule has 0 aromatic heterocycles. The van der Waals surface area contributed by atoms with Crippen LogP contribution in [0.15, 0.2) is 0 Å². The van der Waals surface area contributed by atoms with Crippen molar-refractivity contribution in [3.05, 3.63) is 0 Å². The summed E-state index contributed by atoms with van der Waals surface area (Å²) in [5, 5.41) is 0. The van der Waals surface area contributed by atoms with Crippen LogP contribution in [0, 0.1) is 0 Å². The molecule has 0 aromatic carbocycles. The fourth-order valence-corrected chi connectivity index (χ4v) is 0. The van der Waals surface area contributed by atoms with E-state index in [0.29, 0.717) is 0 Å². The van der Waals surface area contributed by atoms with Crippen LogP contribution in [0.25, 0.3) is 0 Å². The van der Waals surface area contributed by atoms with Gasteiger partial charge in [0.1, 0.15) is 1.93 Å². The van der Waals surface area contributed by atoms with E-state index < -0.39 is 7.85 Å². The molecule has 7 heavy (non-hydrogen) atoms. The van der Waals surface area contributed by atoms with Crippen LogP contribution in [0.1, 0.15) is 6.92 Å². The highest BCUT2D eigenvalue weighted by atomic mass is 127. The van der Waals surface area contributed by atoms with E-state index in [1.54, 1.807) is 45.2 Å². The molecule has 0 aliphatic carbocycles. The number of hydrogen-bond donors (Lipinski definition) is 0. The van der Waals surface area contributed by atoms with Crippen molar-refractivity contribution in [2.75, 3.05) is 0 Å². The van der Waals surface area contributed by atoms with Crippen molar-refractivity contribution in [2.24, 2.45) is 0 Å². The third-order valence-electron chi connectivity index (χ3n) is 0.383. The minimum absolute atomic E-state index is 0.595. The van der Waals surface area contributed by atoms with Crippen molar-refractivity contribution >= 4 is 45.2 Å². The van der Waals surface area contributed by atoms with Crippen LogP contribution in [0.3, 0.4) is 0 Å². The zero-order valence-corrected chi connectivity index (χ0v) is 7.90. The molecule has 0 aliphatic heterocycles. The van der Waals surface area contributed by atoms with E-state index in [1.165, 1.54) is 0 Å². The summed E-state index contributed by atoms with van der Waals surface area (Å²) in [5.74, 6) is -2.53. The first-order chi connectivity index (χ1) is 2.94. The summed E-state index contributed by atoms with van der Waals surface area (Å²) in [6.45, 7) is 0.913. The number of hydrogen-bond acceptors (Lipinski definition) is 0. The lowest BCUT2D eigenvalue weighted by Gasteiger charge is -2.09. The predicted octanol–water partition coefficient (Wildman–Crippen LogP) is 2.84. The fraction of sp³-hybridized carbons (Fsp3) is 1.00. The zero-order valence-electron chi connectivity index (χ0n) is 3.59. The topological polar surface area (TPSA) is 0 Å². The zero-order chi connectivity index (χ0) is 6.08. The fourth-order valence-electron chi connectivity index (χ4n) is 0. The van der Waals surface area contributed by atoms with Crippen LogP contribution in [0.4, 0.5) is 8.78 Å². The summed E-state index contributed by atoms with van der Waals surface area (Å²) >= 11 is 3.37. The molecule has 0 radical (unpaired) electrons. The van der Waals surface area contributed by atoms with Gasteiger partial charge in [0.2, 0.25) is 0 Å². The van der Waals surface area contributed by atoms with E-state index in [2.05, 4.69) is 0 Å². The second-order valence-corrected chi connectivity index (χ2v) is 6.13. The van der Waals surface area contributed by atoms with E-state index in [-0.39, 0.29) is 0 Å². The lowest BCUT2D eigenvalue weighted by Crippen LogP contribution is -2.17. The van der Waals surface area contributed by atoms with E-state index in [4.69, 9.17) is 0 Å². The summed E-state index contributed by atoms with van der Waals surface area (Å²) in [6, 6.07) is 0. The van der Waals surface area contributed by atoms with Gasteiger partial charge in [0.15, 0.2) is 0 Å². The van der Waals surface area contributed by atoms with E-state index in [1.807, 2.05) is 0 Å². The van der Waals surface area contributed by atoms with Gasteiger partial charge >= 0.3 is 0 Å². The first-order valence-electron chi connectivity index (χ1n) is 1.60. The highest BCUT2D eigenvalue weighted by molar-refractivity contribution is 14.2. The minimum atomic E-state index is -2.53. The van der Waals surface area contributed by atoms with Gasteiger partial charge in [-0.1, -0.05) is 45.2 Å². The Hall–Kier alpha value is 1.32. The monoisotopic (exact) mass is 332 g/mol. The van der Waals surface area contributed by atoms with Gasteiger partial charge in [-0.05, 0) is 0 Å². The molecule has 0 atom stereocenters. The van der Waals surface area contributed by atoms with Gasteiger partial charge in [0.25, 0.3) is 5.92 Å². The molecule has 44 valence electrons. The molecule has 0 spiro atoms. The largest absolute Gasteiger partial charge is 0.265 e. The first kappa shape index (κ1) is 8.32. The Labute approximate surface area is 68.3 Å². The summed E-state index contributed by atoms with van der Waals surface area (Å²) in [6.07, 6.45) is 0. The van der Waals surface area contributed by atoms with Crippen molar-refractivity contribution in [1.82, 2.24) is 0 Å². The maximum Gasteiger partial charge on any atom is 0.265 e. The molecule has 0 saturated heterocycles. The predicted molar refractivity (Wildman–Crippen MR) is 42.4 cm³/mol. The maximum atomic E-state index is 11.8. The molecule has 0 rings (SSSR count). The maximum absolute atomic E-state index is 11.8. The van der Waals surface area contributed by atoms with Crippen molar-refractivity contribution < 1.29 is 8.78 Å². The Bertz CT molecular complexity index is 56.4. The summed E-state index contributed by atoms with van der Waals surface area (Å²) in [5.41, 5.74) is 0. The van der Waals surface area contributed by atoms with Crippen LogP contribution in [-0.2, 0) is 0 Å². The molecular weight excluding hydrogens is 328 g/mol. The molecule has 0 amide bonds. The molecule has 0 unspecified atom stereocenters. The molecule has 0 aromatic rings. The van der Waals surface area contributed by atoms with Crippen LogP contribution >= 0.6 is 45.2 Å². The summed E-state index contributed by atoms with van der Waals surface area (Å²) in [4.78, 5) is 0. The van der Waals surface area contributed by atoms with E-state index in [9.17, 15) is 8.78 Å². The molecule has 0 bridgehead atoms. The van der Waals surface area contributed by atoms with Gasteiger partial charge in [-0.2, -0.15) is 0 Å². The quantitative estimate of drug-likeness (QED) is 0.512. The van der Waals surface area contributed by atoms with Crippen molar-refractivity contribution in [1.29, 1.82) is 0 Å². The Balaban J connectivity index is 3.54. The van der Waals surface area contributed by atoms with Gasteiger partial charge in [0, 0.05) is 6.92 Å². The lowest BCUT2D eigenvalue weighted by molar-refractivity contribution is 0.0480. The van der Waals surface area contributed by atoms with Gasteiger partial charge in [-0.25, -0.2) is 8.78 Å². The van der Waals surface area contributed by atoms with Crippen LogP contribution in [-0.4, -0.2) is 7.85 Å². The second-order valence-electron chi connectivity index (χ2n) is 1.26. The molecule has 0 heterocycles. The molecule has 0 nitrogen and oxygen atoms in total. The van der Waals surface area contributed by atoms with Crippen molar-refractivity contribution in [2.45, 2.75) is 14.8 Å². The first-order valence-corrected chi connectivity index (χ1v) is 4.09. The smallest absolute Gasteiger partial charge is 0.205 e. The molecule has 4 heteroatoms. The Morgan fingerprint density at radius 3 is 1.57 bits per heavy atom. The molecule has 0 saturated carbocycles. The van der Waals surface area contributed by atoms with Gasteiger partial charge < -0.3 is 0 Å². The van der Waals surface area contributed by atoms with Crippen molar-refractivity contribution in [3.63, 3.8) is 0 Å². The summed E-state index contributed by atoms with van der Waals surface area (Å²) < 4.78 is 23.1. The highest BCUT2D eigenvalue weighted by Crippen LogP contribution is 2.29.